The van der Waals surface area contributed by atoms with Crippen molar-refractivity contribution in [1.29, 1.82) is 0 Å². The molecule has 0 radical (unpaired) electrons. The van der Waals surface area contributed by atoms with E-state index in [0.717, 1.165) is 102 Å². The zero-order valence-electron chi connectivity index (χ0n) is 31.5. The van der Waals surface area contributed by atoms with Crippen molar-refractivity contribution in [3.63, 3.8) is 0 Å². The highest BCUT2D eigenvalue weighted by atomic mass is 16.6. The predicted molar refractivity (Wildman–Crippen MR) is 206 cm³/mol. The van der Waals surface area contributed by atoms with E-state index in [1.54, 1.807) is 0 Å². The predicted octanol–water partition coefficient (Wildman–Crippen LogP) is 3.88. The Kier molecular flexibility index (Phi) is 11.3. The maximum absolute atomic E-state index is 11.9. The Hall–Kier alpha value is -3.84. The number of likely N-dealkylation sites (tertiary alicyclic amines) is 1. The van der Waals surface area contributed by atoms with Crippen LogP contribution in [0, 0.1) is 6.92 Å². The second-order valence-corrected chi connectivity index (χ2v) is 16.1. The Morgan fingerprint density at radius 3 is 2.29 bits per heavy atom. The molecule has 52 heavy (non-hydrogen) atoms. The molecule has 12 heteroatoms. The van der Waals surface area contributed by atoms with E-state index >= 15 is 0 Å². The maximum Gasteiger partial charge on any atom is 0.332 e. The largest absolute Gasteiger partial charge is 0.458 e. The number of aromatic nitrogens is 3. The molecule has 280 valence electrons. The van der Waals surface area contributed by atoms with Gasteiger partial charge in [0.1, 0.15) is 12.2 Å². The van der Waals surface area contributed by atoms with Crippen LogP contribution in [0.1, 0.15) is 51.3 Å². The minimum Gasteiger partial charge on any atom is -0.458 e. The number of anilines is 3. The number of pyridine rings is 1. The van der Waals surface area contributed by atoms with Gasteiger partial charge in [0.15, 0.2) is 5.82 Å². The van der Waals surface area contributed by atoms with Gasteiger partial charge >= 0.3 is 5.97 Å². The highest BCUT2D eigenvalue weighted by Gasteiger charge is 2.41. The molecule has 3 aromatic rings. The van der Waals surface area contributed by atoms with Gasteiger partial charge in [0, 0.05) is 101 Å². The molecule has 6 heterocycles. The second-order valence-electron chi connectivity index (χ2n) is 16.1. The van der Waals surface area contributed by atoms with Crippen molar-refractivity contribution < 1.29 is 14.3 Å². The summed E-state index contributed by atoms with van der Waals surface area (Å²) in [5.41, 5.74) is 12.6. The maximum atomic E-state index is 11.9. The van der Waals surface area contributed by atoms with Gasteiger partial charge in [-0.05, 0) is 83.7 Å². The SMILES string of the molecule is Cc1ccccc1-c1cc(N2CC3CCC(C2)N3c2ccnc(CCCN3CCN(CCN4CC(OCC(=O)OC(C)(C)C)C4)CC3)c2)c(N)nn1. The van der Waals surface area contributed by atoms with Crippen molar-refractivity contribution in [3.05, 3.63) is 59.9 Å². The molecule has 0 saturated carbocycles. The van der Waals surface area contributed by atoms with Crippen LogP contribution in [0.25, 0.3) is 11.3 Å². The third-order valence-electron chi connectivity index (χ3n) is 11.0. The molecule has 1 aromatic carbocycles. The summed E-state index contributed by atoms with van der Waals surface area (Å²) < 4.78 is 11.1. The van der Waals surface area contributed by atoms with Crippen molar-refractivity contribution in [2.75, 3.05) is 94.1 Å². The summed E-state index contributed by atoms with van der Waals surface area (Å²) in [7, 11) is 0. The number of nitrogen functional groups attached to an aromatic ring is 1. The second kappa shape index (κ2) is 16.0. The van der Waals surface area contributed by atoms with Gasteiger partial charge in [-0.3, -0.25) is 14.8 Å². The van der Waals surface area contributed by atoms with Crippen LogP contribution in [0.5, 0.6) is 0 Å². The fourth-order valence-corrected chi connectivity index (χ4v) is 8.29. The lowest BCUT2D eigenvalue weighted by Gasteiger charge is -2.43. The lowest BCUT2D eigenvalue weighted by molar-refractivity contribution is -0.166. The average Bonchev–Trinajstić information content (AvgIpc) is 3.36. The van der Waals surface area contributed by atoms with E-state index in [1.165, 1.54) is 29.8 Å². The van der Waals surface area contributed by atoms with Crippen LogP contribution in [0.15, 0.2) is 48.7 Å². The number of piperazine rings is 2. The van der Waals surface area contributed by atoms with Crippen LogP contribution >= 0.6 is 0 Å². The molecule has 2 N–H and O–H groups in total. The van der Waals surface area contributed by atoms with Crippen molar-refractivity contribution in [3.8, 4) is 11.3 Å². The number of ether oxygens (including phenoxy) is 2. The fourth-order valence-electron chi connectivity index (χ4n) is 8.29. The first kappa shape index (κ1) is 36.5. The van der Waals surface area contributed by atoms with E-state index in [-0.39, 0.29) is 18.7 Å². The number of esters is 1. The van der Waals surface area contributed by atoms with Gasteiger partial charge < -0.3 is 29.9 Å². The Bertz CT molecular complexity index is 1650. The summed E-state index contributed by atoms with van der Waals surface area (Å²) in [5.74, 6) is 0.216. The quantitative estimate of drug-likeness (QED) is 0.260. The molecule has 0 aliphatic carbocycles. The Labute approximate surface area is 309 Å². The van der Waals surface area contributed by atoms with E-state index < -0.39 is 5.60 Å². The van der Waals surface area contributed by atoms with Gasteiger partial charge in [-0.2, -0.15) is 0 Å². The molecule has 0 spiro atoms. The molecule has 4 saturated heterocycles. The Balaban J connectivity index is 0.823. The highest BCUT2D eigenvalue weighted by Crippen LogP contribution is 2.38. The molecule has 7 rings (SSSR count). The first-order valence-electron chi connectivity index (χ1n) is 19.3. The van der Waals surface area contributed by atoms with Crippen LogP contribution in [0.3, 0.4) is 0 Å². The number of nitrogens with two attached hydrogens (primary N) is 1. The Morgan fingerprint density at radius 1 is 0.885 bits per heavy atom. The first-order chi connectivity index (χ1) is 25.1. The van der Waals surface area contributed by atoms with Gasteiger partial charge in [-0.25, -0.2) is 4.79 Å². The first-order valence-corrected chi connectivity index (χ1v) is 19.3. The monoisotopic (exact) mass is 711 g/mol. The fraction of sp³-hybridized carbons (Fsp3) is 0.600. The van der Waals surface area contributed by atoms with Gasteiger partial charge in [0.2, 0.25) is 0 Å². The number of aryl methyl sites for hydroxylation is 2. The number of fused-ring (bicyclic) bond motifs is 2. The highest BCUT2D eigenvalue weighted by molar-refractivity contribution is 5.73. The topological polar surface area (TPSA) is 116 Å². The smallest absolute Gasteiger partial charge is 0.332 e. The molecule has 2 unspecified atom stereocenters. The van der Waals surface area contributed by atoms with E-state index in [2.05, 4.69) is 78.0 Å². The van der Waals surface area contributed by atoms with Crippen LogP contribution < -0.4 is 15.5 Å². The van der Waals surface area contributed by atoms with Crippen molar-refractivity contribution in [2.24, 2.45) is 0 Å². The zero-order chi connectivity index (χ0) is 36.2. The van der Waals surface area contributed by atoms with Crippen molar-refractivity contribution in [1.82, 2.24) is 29.9 Å². The number of rotatable bonds is 13. The summed E-state index contributed by atoms with van der Waals surface area (Å²) >= 11 is 0. The lowest BCUT2D eigenvalue weighted by Crippen LogP contribution is -2.55. The molecule has 2 bridgehead atoms. The van der Waals surface area contributed by atoms with Crippen molar-refractivity contribution >= 4 is 23.2 Å². The van der Waals surface area contributed by atoms with Crippen LogP contribution in [-0.2, 0) is 20.7 Å². The standard InChI is InChI=1S/C40H57N9O3/c1-29-8-5-6-10-35(29)36-23-37(39(41)44-43-36)48-24-32-11-12-33(25-48)49(32)31-13-14-42-30(22-31)9-7-15-45-16-18-46(19-17-45)20-21-47-26-34(27-47)51-28-38(50)52-40(2,3)4/h5-6,8,10,13-14,22-23,32-34H,7,9,11-12,15-21,24-28H2,1-4H3,(H2,41,44). The van der Waals surface area contributed by atoms with E-state index in [9.17, 15) is 4.79 Å². The summed E-state index contributed by atoms with van der Waals surface area (Å²) in [6.45, 7) is 19.1. The summed E-state index contributed by atoms with van der Waals surface area (Å²) in [4.78, 5) is 29.3. The molecule has 2 aromatic heterocycles. The molecular weight excluding hydrogens is 654 g/mol. The summed E-state index contributed by atoms with van der Waals surface area (Å²) in [6.07, 6.45) is 6.60. The Morgan fingerprint density at radius 2 is 1.58 bits per heavy atom. The van der Waals surface area contributed by atoms with E-state index in [4.69, 9.17) is 20.2 Å². The van der Waals surface area contributed by atoms with Crippen LogP contribution in [0.2, 0.25) is 0 Å². The van der Waals surface area contributed by atoms with Gasteiger partial charge in [-0.15, -0.1) is 10.2 Å². The molecule has 2 atom stereocenters. The van der Waals surface area contributed by atoms with E-state index in [0.29, 0.717) is 17.9 Å². The molecule has 4 aliphatic rings. The normalized spacial score (nSPS) is 21.8. The van der Waals surface area contributed by atoms with Crippen LogP contribution in [0.4, 0.5) is 17.2 Å². The number of hydrogen-bond donors (Lipinski definition) is 1. The summed E-state index contributed by atoms with van der Waals surface area (Å²) in [5, 5.41) is 8.82. The molecule has 12 nitrogen and oxygen atoms in total. The molecule has 4 fully saturated rings. The van der Waals surface area contributed by atoms with E-state index in [1.807, 2.05) is 33.0 Å². The lowest BCUT2D eigenvalue weighted by atomic mass is 10.0. The number of hydrogen-bond acceptors (Lipinski definition) is 12. The summed E-state index contributed by atoms with van der Waals surface area (Å²) in [6, 6.07) is 15.8. The van der Waals surface area contributed by atoms with Crippen LogP contribution in [-0.4, -0.2) is 138 Å². The van der Waals surface area contributed by atoms with Crippen molar-refractivity contribution in [2.45, 2.75) is 77.2 Å². The number of carbonyl (C=O) groups excluding carboxylic acids is 1. The third-order valence-corrected chi connectivity index (χ3v) is 11.0. The number of nitrogens with zero attached hydrogens (tertiary/aromatic N) is 8. The third kappa shape index (κ3) is 9.02. The minimum atomic E-state index is -0.470. The number of carbonyl (C=O) groups is 1. The molecule has 0 amide bonds. The molecular formula is C40H57N9O3. The van der Waals surface area contributed by atoms with Gasteiger partial charge in [0.25, 0.3) is 0 Å². The minimum absolute atomic E-state index is 0.0379. The molecule has 4 aliphatic heterocycles. The number of benzene rings is 1. The average molecular weight is 712 g/mol. The van der Waals surface area contributed by atoms with Gasteiger partial charge in [0.05, 0.1) is 17.5 Å². The zero-order valence-corrected chi connectivity index (χ0v) is 31.5. The van der Waals surface area contributed by atoms with Gasteiger partial charge in [-0.1, -0.05) is 24.3 Å².